The van der Waals surface area contributed by atoms with E-state index in [0.717, 1.165) is 4.31 Å². The van der Waals surface area contributed by atoms with Crippen LogP contribution in [0.3, 0.4) is 0 Å². The van der Waals surface area contributed by atoms with Crippen LogP contribution >= 0.6 is 0 Å². The van der Waals surface area contributed by atoms with Crippen molar-refractivity contribution in [2.45, 2.75) is 18.2 Å². The molecule has 1 aromatic rings. The highest BCUT2D eigenvalue weighted by Crippen LogP contribution is 2.25. The lowest BCUT2D eigenvalue weighted by atomic mass is 10.1. The van der Waals surface area contributed by atoms with Crippen LogP contribution < -0.4 is 4.74 Å². The smallest absolute Gasteiger partial charge is 0.310 e. The van der Waals surface area contributed by atoms with E-state index in [4.69, 9.17) is 9.84 Å². The number of rotatable bonds is 8. The third-order valence-corrected chi connectivity index (χ3v) is 5.39. The Bertz CT molecular complexity index is 715. The van der Waals surface area contributed by atoms with Gasteiger partial charge in [0.1, 0.15) is 5.75 Å². The first-order valence-electron chi connectivity index (χ1n) is 7.06. The van der Waals surface area contributed by atoms with Gasteiger partial charge in [0, 0.05) is 13.6 Å². The fourth-order valence-electron chi connectivity index (χ4n) is 2.03. The van der Waals surface area contributed by atoms with Crippen molar-refractivity contribution in [1.82, 2.24) is 4.31 Å². The SMILES string of the molecule is COC(=O)Cc1cc(OC)ccc1S(=O)(=O)N(C)CC(C)C(=O)O. The standard InChI is InChI=1S/C15H21NO7S/c1-10(15(18)19)9-16(2)24(20,21)13-6-5-12(22-3)7-11(13)8-14(17)23-4/h5-7,10H,8-9H2,1-4H3,(H,18,19). The van der Waals surface area contributed by atoms with Crippen molar-refractivity contribution < 1.29 is 32.6 Å². The minimum Gasteiger partial charge on any atom is -0.497 e. The molecular formula is C15H21NO7S. The van der Waals surface area contributed by atoms with Gasteiger partial charge in [-0.05, 0) is 23.8 Å². The third kappa shape index (κ3) is 4.68. The number of carbonyl (C=O) groups excluding carboxylic acids is 1. The van der Waals surface area contributed by atoms with Crippen LogP contribution in [0.2, 0.25) is 0 Å². The van der Waals surface area contributed by atoms with Crippen molar-refractivity contribution in [2.24, 2.45) is 5.92 Å². The molecule has 0 radical (unpaired) electrons. The molecule has 0 bridgehead atoms. The fourth-order valence-corrected chi connectivity index (χ4v) is 3.49. The summed E-state index contributed by atoms with van der Waals surface area (Å²) in [6.45, 7) is 1.22. The lowest BCUT2D eigenvalue weighted by molar-refractivity contribution is -0.141. The zero-order chi connectivity index (χ0) is 18.5. The van der Waals surface area contributed by atoms with Gasteiger partial charge in [0.15, 0.2) is 0 Å². The Morgan fingerprint density at radius 3 is 2.42 bits per heavy atom. The van der Waals surface area contributed by atoms with Gasteiger partial charge in [-0.25, -0.2) is 12.7 Å². The number of ether oxygens (including phenoxy) is 2. The summed E-state index contributed by atoms with van der Waals surface area (Å²) in [5, 5.41) is 8.94. The van der Waals surface area contributed by atoms with E-state index in [9.17, 15) is 18.0 Å². The van der Waals surface area contributed by atoms with Gasteiger partial charge in [-0.1, -0.05) is 6.92 Å². The minimum atomic E-state index is -3.97. The second-order valence-electron chi connectivity index (χ2n) is 5.25. The highest BCUT2D eigenvalue weighted by Gasteiger charge is 2.28. The topological polar surface area (TPSA) is 110 Å². The van der Waals surface area contributed by atoms with Crippen molar-refractivity contribution in [3.8, 4) is 5.75 Å². The third-order valence-electron chi connectivity index (χ3n) is 3.47. The van der Waals surface area contributed by atoms with Crippen molar-refractivity contribution in [3.63, 3.8) is 0 Å². The molecule has 1 aromatic carbocycles. The monoisotopic (exact) mass is 359 g/mol. The van der Waals surface area contributed by atoms with E-state index in [1.54, 1.807) is 0 Å². The number of esters is 1. The number of aliphatic carboxylic acids is 1. The van der Waals surface area contributed by atoms with Crippen molar-refractivity contribution in [2.75, 3.05) is 27.8 Å². The van der Waals surface area contributed by atoms with Crippen LogP contribution in [0.1, 0.15) is 12.5 Å². The summed E-state index contributed by atoms with van der Waals surface area (Å²) < 4.78 is 36.0. The van der Waals surface area contributed by atoms with Crippen LogP contribution in [0.25, 0.3) is 0 Å². The Morgan fingerprint density at radius 2 is 1.92 bits per heavy atom. The van der Waals surface area contributed by atoms with Crippen molar-refractivity contribution in [3.05, 3.63) is 23.8 Å². The molecule has 1 atom stereocenters. The molecule has 1 unspecified atom stereocenters. The van der Waals surface area contributed by atoms with Crippen LogP contribution in [0.4, 0.5) is 0 Å². The van der Waals surface area contributed by atoms with E-state index in [-0.39, 0.29) is 23.4 Å². The van der Waals surface area contributed by atoms with Gasteiger partial charge in [0.25, 0.3) is 0 Å². The predicted octanol–water partition coefficient (Wildman–Crippen LogP) is 0.752. The van der Waals surface area contributed by atoms with Crippen LogP contribution in [0, 0.1) is 5.92 Å². The molecule has 0 saturated carbocycles. The molecule has 0 fully saturated rings. The average Bonchev–Trinajstić information content (AvgIpc) is 2.53. The maximum absolute atomic E-state index is 12.7. The molecule has 0 aliphatic carbocycles. The lowest BCUT2D eigenvalue weighted by Crippen LogP contribution is -2.34. The summed E-state index contributed by atoms with van der Waals surface area (Å²) in [5.41, 5.74) is 0.219. The number of carbonyl (C=O) groups is 2. The number of methoxy groups -OCH3 is 2. The van der Waals surface area contributed by atoms with E-state index in [0.29, 0.717) is 5.75 Å². The highest BCUT2D eigenvalue weighted by atomic mass is 32.2. The van der Waals surface area contributed by atoms with E-state index in [1.165, 1.54) is 46.4 Å². The molecule has 0 aromatic heterocycles. The molecule has 1 rings (SSSR count). The van der Waals surface area contributed by atoms with E-state index in [2.05, 4.69) is 4.74 Å². The van der Waals surface area contributed by atoms with Crippen LogP contribution in [0.15, 0.2) is 23.1 Å². The molecule has 0 spiro atoms. The van der Waals surface area contributed by atoms with Gasteiger partial charge >= 0.3 is 11.9 Å². The van der Waals surface area contributed by atoms with Gasteiger partial charge in [0.2, 0.25) is 10.0 Å². The Kier molecular flexibility index (Phi) is 6.73. The van der Waals surface area contributed by atoms with E-state index in [1.807, 2.05) is 0 Å². The zero-order valence-electron chi connectivity index (χ0n) is 14.0. The molecule has 0 saturated heterocycles. The summed E-state index contributed by atoms with van der Waals surface area (Å²) in [7, 11) is -0.0494. The number of nitrogens with zero attached hydrogens (tertiary/aromatic N) is 1. The molecule has 0 aliphatic heterocycles. The maximum atomic E-state index is 12.7. The molecule has 8 nitrogen and oxygen atoms in total. The Balaban J connectivity index is 3.26. The summed E-state index contributed by atoms with van der Waals surface area (Å²) in [6.07, 6.45) is -0.245. The predicted molar refractivity (Wildman–Crippen MR) is 85.3 cm³/mol. The first-order valence-corrected chi connectivity index (χ1v) is 8.50. The first kappa shape index (κ1) is 19.9. The number of sulfonamides is 1. The Morgan fingerprint density at radius 1 is 1.29 bits per heavy atom. The molecule has 0 heterocycles. The number of hydrogen-bond acceptors (Lipinski definition) is 6. The largest absolute Gasteiger partial charge is 0.497 e. The Labute approximate surface area is 141 Å². The number of carboxylic acids is 1. The van der Waals surface area contributed by atoms with Crippen LogP contribution in [0.5, 0.6) is 5.75 Å². The summed E-state index contributed by atoms with van der Waals surface area (Å²) in [5.74, 6) is -2.16. The normalized spacial score (nSPS) is 12.7. The summed E-state index contributed by atoms with van der Waals surface area (Å²) in [6, 6.07) is 4.23. The van der Waals surface area contributed by atoms with Gasteiger partial charge < -0.3 is 14.6 Å². The Hall–Kier alpha value is -2.13. The summed E-state index contributed by atoms with van der Waals surface area (Å²) >= 11 is 0. The maximum Gasteiger partial charge on any atom is 0.310 e. The minimum absolute atomic E-state index is 0.0891. The molecule has 0 amide bonds. The lowest BCUT2D eigenvalue weighted by Gasteiger charge is -2.21. The fraction of sp³-hybridized carbons (Fsp3) is 0.467. The highest BCUT2D eigenvalue weighted by molar-refractivity contribution is 7.89. The molecule has 9 heteroatoms. The second kappa shape index (κ2) is 8.11. The van der Waals surface area contributed by atoms with Gasteiger partial charge in [0.05, 0.1) is 31.5 Å². The molecule has 24 heavy (non-hydrogen) atoms. The van der Waals surface area contributed by atoms with Crippen molar-refractivity contribution >= 4 is 22.0 Å². The molecule has 0 aliphatic rings. The van der Waals surface area contributed by atoms with Crippen LogP contribution in [-0.2, 0) is 30.8 Å². The summed E-state index contributed by atoms with van der Waals surface area (Å²) in [4.78, 5) is 22.4. The zero-order valence-corrected chi connectivity index (χ0v) is 14.8. The van der Waals surface area contributed by atoms with Gasteiger partial charge in [-0.3, -0.25) is 9.59 Å². The van der Waals surface area contributed by atoms with E-state index < -0.39 is 27.9 Å². The second-order valence-corrected chi connectivity index (χ2v) is 7.26. The van der Waals surface area contributed by atoms with Crippen LogP contribution in [-0.4, -0.2) is 57.6 Å². The van der Waals surface area contributed by atoms with Gasteiger partial charge in [-0.2, -0.15) is 0 Å². The van der Waals surface area contributed by atoms with Gasteiger partial charge in [-0.15, -0.1) is 0 Å². The quantitative estimate of drug-likeness (QED) is 0.682. The van der Waals surface area contributed by atoms with E-state index >= 15 is 0 Å². The number of hydrogen-bond donors (Lipinski definition) is 1. The number of carboxylic acid groups (broad SMARTS) is 1. The molecule has 134 valence electrons. The van der Waals surface area contributed by atoms with Crippen molar-refractivity contribution in [1.29, 1.82) is 0 Å². The number of benzene rings is 1. The first-order chi connectivity index (χ1) is 11.1. The molecule has 1 N–H and O–H groups in total. The average molecular weight is 359 g/mol. The molecular weight excluding hydrogens is 338 g/mol.